The highest BCUT2D eigenvalue weighted by Crippen LogP contribution is 2.13. The molecular weight excluding hydrogens is 232 g/mol. The van der Waals surface area contributed by atoms with E-state index in [1.807, 2.05) is 6.07 Å². The van der Waals surface area contributed by atoms with Crippen molar-refractivity contribution in [3.63, 3.8) is 0 Å². The second kappa shape index (κ2) is 5.53. The third-order valence-corrected chi connectivity index (χ3v) is 2.08. The number of carbonyl (C=O) groups excluding carboxylic acids is 2. The fourth-order valence-electron chi connectivity index (χ4n) is 1.39. The summed E-state index contributed by atoms with van der Waals surface area (Å²) in [6.45, 7) is 5.23. The number of amides is 2. The van der Waals surface area contributed by atoms with E-state index in [1.54, 1.807) is 45.0 Å². The number of hydrogen-bond donors (Lipinski definition) is 2. The Morgan fingerprint density at radius 3 is 2.22 bits per heavy atom. The van der Waals surface area contributed by atoms with Gasteiger partial charge in [0.15, 0.2) is 0 Å². The van der Waals surface area contributed by atoms with Gasteiger partial charge < -0.3 is 15.8 Å². The van der Waals surface area contributed by atoms with Crippen LogP contribution in [0.5, 0.6) is 0 Å². The Balaban J connectivity index is 2.77. The molecule has 0 saturated carbocycles. The average molecular weight is 250 g/mol. The van der Waals surface area contributed by atoms with E-state index in [2.05, 4.69) is 5.32 Å². The third kappa shape index (κ3) is 4.45. The van der Waals surface area contributed by atoms with Gasteiger partial charge in [-0.05, 0) is 26.3 Å². The summed E-state index contributed by atoms with van der Waals surface area (Å²) in [5.41, 5.74) is 5.27. The molecule has 1 aromatic rings. The lowest BCUT2D eigenvalue weighted by Crippen LogP contribution is -2.40. The Morgan fingerprint density at radius 2 is 1.78 bits per heavy atom. The van der Waals surface area contributed by atoms with E-state index < -0.39 is 23.6 Å². The quantitative estimate of drug-likeness (QED) is 0.857. The van der Waals surface area contributed by atoms with Crippen molar-refractivity contribution in [3.8, 4) is 0 Å². The monoisotopic (exact) mass is 250 g/mol. The summed E-state index contributed by atoms with van der Waals surface area (Å²) in [5.74, 6) is -0.632. The highest BCUT2D eigenvalue weighted by atomic mass is 16.6. The van der Waals surface area contributed by atoms with Gasteiger partial charge in [0.05, 0.1) is 0 Å². The van der Waals surface area contributed by atoms with Gasteiger partial charge in [0, 0.05) is 0 Å². The fraction of sp³-hybridized carbons (Fsp3) is 0.385. The number of nitrogens with two attached hydrogens (primary N) is 1. The van der Waals surface area contributed by atoms with E-state index in [4.69, 9.17) is 10.5 Å². The molecule has 3 N–H and O–H groups in total. The molecule has 0 heterocycles. The molecule has 0 bridgehead atoms. The van der Waals surface area contributed by atoms with Gasteiger partial charge in [0.2, 0.25) is 5.91 Å². The van der Waals surface area contributed by atoms with Gasteiger partial charge in [-0.1, -0.05) is 30.3 Å². The molecule has 0 aliphatic heterocycles. The number of nitrogens with one attached hydrogen (secondary N) is 1. The number of hydrogen-bond acceptors (Lipinski definition) is 3. The van der Waals surface area contributed by atoms with Crippen LogP contribution in [0.2, 0.25) is 0 Å². The maximum absolute atomic E-state index is 11.6. The Hall–Kier alpha value is -2.04. The molecule has 5 nitrogen and oxygen atoms in total. The zero-order chi connectivity index (χ0) is 13.8. The summed E-state index contributed by atoms with van der Waals surface area (Å²) in [6.07, 6.45) is -0.671. The van der Waals surface area contributed by atoms with Crippen LogP contribution < -0.4 is 11.1 Å². The van der Waals surface area contributed by atoms with Crippen LogP contribution in [-0.2, 0) is 9.53 Å². The van der Waals surface area contributed by atoms with Crippen molar-refractivity contribution in [1.29, 1.82) is 0 Å². The summed E-state index contributed by atoms with van der Waals surface area (Å²) in [5, 5.41) is 2.45. The largest absolute Gasteiger partial charge is 0.444 e. The summed E-state index contributed by atoms with van der Waals surface area (Å²) in [4.78, 5) is 23.0. The normalized spacial score (nSPS) is 12.6. The zero-order valence-electron chi connectivity index (χ0n) is 10.8. The highest BCUT2D eigenvalue weighted by Gasteiger charge is 2.23. The van der Waals surface area contributed by atoms with Crippen LogP contribution >= 0.6 is 0 Å². The van der Waals surface area contributed by atoms with Gasteiger partial charge in [-0.2, -0.15) is 0 Å². The van der Waals surface area contributed by atoms with Crippen molar-refractivity contribution < 1.29 is 14.3 Å². The predicted octanol–water partition coefficient (Wildman–Crippen LogP) is 1.74. The first-order valence-electron chi connectivity index (χ1n) is 5.63. The van der Waals surface area contributed by atoms with Crippen molar-refractivity contribution in [2.24, 2.45) is 5.73 Å². The van der Waals surface area contributed by atoms with Crippen LogP contribution in [0.1, 0.15) is 32.4 Å². The van der Waals surface area contributed by atoms with Crippen molar-refractivity contribution in [1.82, 2.24) is 5.32 Å². The summed E-state index contributed by atoms with van der Waals surface area (Å²) in [7, 11) is 0. The lowest BCUT2D eigenvalue weighted by atomic mass is 10.1. The third-order valence-electron chi connectivity index (χ3n) is 2.08. The summed E-state index contributed by atoms with van der Waals surface area (Å²) < 4.78 is 5.08. The molecule has 0 radical (unpaired) electrons. The van der Waals surface area contributed by atoms with Gasteiger partial charge in [-0.25, -0.2) is 4.79 Å². The second-order valence-corrected chi connectivity index (χ2v) is 4.89. The summed E-state index contributed by atoms with van der Waals surface area (Å²) >= 11 is 0. The maximum atomic E-state index is 11.6. The number of benzene rings is 1. The lowest BCUT2D eigenvalue weighted by Gasteiger charge is -2.22. The van der Waals surface area contributed by atoms with Crippen LogP contribution in [-0.4, -0.2) is 17.6 Å². The fourth-order valence-corrected chi connectivity index (χ4v) is 1.39. The minimum absolute atomic E-state index is 0.621. The first-order chi connectivity index (χ1) is 8.29. The van der Waals surface area contributed by atoms with Crippen LogP contribution in [0.3, 0.4) is 0 Å². The standard InChI is InChI=1S/C13H18N2O3/c1-13(2,3)18-12(17)15-10(11(14)16)9-7-5-4-6-8-9/h4-8,10H,1-3H3,(H2,14,16)(H,15,17). The first kappa shape index (κ1) is 14.0. The smallest absolute Gasteiger partial charge is 0.408 e. The predicted molar refractivity (Wildman–Crippen MR) is 67.7 cm³/mol. The molecule has 0 saturated heterocycles. The van der Waals surface area contributed by atoms with E-state index in [-0.39, 0.29) is 0 Å². The van der Waals surface area contributed by atoms with E-state index in [0.717, 1.165) is 0 Å². The van der Waals surface area contributed by atoms with E-state index >= 15 is 0 Å². The Labute approximate surface area is 106 Å². The Kier molecular flexibility index (Phi) is 4.31. The van der Waals surface area contributed by atoms with Crippen LogP contribution in [0.4, 0.5) is 4.79 Å². The average Bonchev–Trinajstić information content (AvgIpc) is 2.24. The molecule has 0 fully saturated rings. The Bertz CT molecular complexity index is 424. The second-order valence-electron chi connectivity index (χ2n) is 4.89. The van der Waals surface area contributed by atoms with Gasteiger partial charge in [-0.15, -0.1) is 0 Å². The number of rotatable bonds is 3. The van der Waals surface area contributed by atoms with E-state index in [1.165, 1.54) is 0 Å². The number of carbonyl (C=O) groups is 2. The molecule has 98 valence electrons. The van der Waals surface area contributed by atoms with Gasteiger partial charge in [0.25, 0.3) is 0 Å². The SMILES string of the molecule is CC(C)(C)OC(=O)NC(C(N)=O)c1ccccc1. The molecule has 0 aliphatic carbocycles. The van der Waals surface area contributed by atoms with Crippen molar-refractivity contribution in [2.75, 3.05) is 0 Å². The maximum Gasteiger partial charge on any atom is 0.408 e. The van der Waals surface area contributed by atoms with Gasteiger partial charge >= 0.3 is 6.09 Å². The zero-order valence-corrected chi connectivity index (χ0v) is 10.8. The van der Waals surface area contributed by atoms with Gasteiger partial charge in [0.1, 0.15) is 11.6 Å². The number of primary amides is 1. The molecule has 18 heavy (non-hydrogen) atoms. The van der Waals surface area contributed by atoms with Crippen molar-refractivity contribution in [2.45, 2.75) is 32.4 Å². The molecule has 1 rings (SSSR count). The van der Waals surface area contributed by atoms with Crippen LogP contribution in [0.15, 0.2) is 30.3 Å². The summed E-state index contributed by atoms with van der Waals surface area (Å²) in [6, 6.07) is 7.89. The van der Waals surface area contributed by atoms with Crippen LogP contribution in [0, 0.1) is 0 Å². The topological polar surface area (TPSA) is 81.4 Å². The van der Waals surface area contributed by atoms with Gasteiger partial charge in [-0.3, -0.25) is 4.79 Å². The van der Waals surface area contributed by atoms with Crippen molar-refractivity contribution >= 4 is 12.0 Å². The highest BCUT2D eigenvalue weighted by molar-refractivity contribution is 5.85. The minimum Gasteiger partial charge on any atom is -0.444 e. The molecule has 0 spiro atoms. The Morgan fingerprint density at radius 1 is 1.22 bits per heavy atom. The molecule has 0 aliphatic rings. The van der Waals surface area contributed by atoms with E-state index in [9.17, 15) is 9.59 Å². The molecular formula is C13H18N2O3. The molecule has 2 amide bonds. The molecule has 0 aromatic heterocycles. The lowest BCUT2D eigenvalue weighted by molar-refractivity contribution is -0.120. The van der Waals surface area contributed by atoms with Crippen LogP contribution in [0.25, 0.3) is 0 Å². The number of alkyl carbamates (subject to hydrolysis) is 1. The number of ether oxygens (including phenoxy) is 1. The molecule has 1 unspecified atom stereocenters. The molecule has 1 aromatic carbocycles. The van der Waals surface area contributed by atoms with Crippen molar-refractivity contribution in [3.05, 3.63) is 35.9 Å². The molecule has 5 heteroatoms. The minimum atomic E-state index is -0.888. The van der Waals surface area contributed by atoms with E-state index in [0.29, 0.717) is 5.56 Å². The molecule has 1 atom stereocenters. The first-order valence-corrected chi connectivity index (χ1v) is 5.63.